The molecule has 2 heterocycles. The van der Waals surface area contributed by atoms with Crippen molar-refractivity contribution >= 4 is 17.3 Å². The molecule has 0 bridgehead atoms. The van der Waals surface area contributed by atoms with Crippen LogP contribution in [0.25, 0.3) is 0 Å². The molecule has 102 valence electrons. The zero-order chi connectivity index (χ0) is 13.4. The fraction of sp³-hybridized carbons (Fsp3) is 0.500. The molecule has 0 aromatic heterocycles. The normalized spacial score (nSPS) is 22.0. The van der Waals surface area contributed by atoms with E-state index < -0.39 is 0 Å². The van der Waals surface area contributed by atoms with Gasteiger partial charge in [-0.15, -0.1) is 0 Å². The van der Waals surface area contributed by atoms with Crippen LogP contribution < -0.4 is 19.9 Å². The molecule has 0 radical (unpaired) electrons. The molecule has 1 unspecified atom stereocenters. The number of hydrogen-bond donors (Lipinski definition) is 1. The molecule has 1 atom stereocenters. The lowest BCUT2D eigenvalue weighted by Gasteiger charge is -2.45. The maximum absolute atomic E-state index is 12.2. The summed E-state index contributed by atoms with van der Waals surface area (Å²) in [5.74, 6) is 0.977. The average molecular weight is 261 g/mol. The van der Waals surface area contributed by atoms with Crippen LogP contribution >= 0.6 is 0 Å². The Morgan fingerprint density at radius 2 is 2.32 bits per heavy atom. The Kier molecular flexibility index (Phi) is 3.06. The average Bonchev–Trinajstić information content (AvgIpc) is 2.45. The quantitative estimate of drug-likeness (QED) is 0.857. The number of carbonyl (C=O) groups is 1. The lowest BCUT2D eigenvalue weighted by molar-refractivity contribution is -0.119. The summed E-state index contributed by atoms with van der Waals surface area (Å²) in [5, 5.41) is 3.19. The third-order valence-corrected chi connectivity index (χ3v) is 3.88. The summed E-state index contributed by atoms with van der Waals surface area (Å²) in [4.78, 5) is 16.4. The highest BCUT2D eigenvalue weighted by Gasteiger charge is 2.37. The Balaban J connectivity index is 2.13. The van der Waals surface area contributed by atoms with Gasteiger partial charge in [0.2, 0.25) is 5.91 Å². The van der Waals surface area contributed by atoms with Crippen molar-refractivity contribution in [3.05, 3.63) is 18.2 Å². The number of carbonyl (C=O) groups excluding carboxylic acids is 1. The minimum atomic E-state index is 0.140. The highest BCUT2D eigenvalue weighted by Crippen LogP contribution is 2.42. The van der Waals surface area contributed by atoms with Crippen LogP contribution in [0.15, 0.2) is 18.2 Å². The van der Waals surface area contributed by atoms with E-state index in [0.717, 1.165) is 36.8 Å². The highest BCUT2D eigenvalue weighted by molar-refractivity contribution is 6.01. The van der Waals surface area contributed by atoms with Crippen molar-refractivity contribution in [3.8, 4) is 5.75 Å². The third-order valence-electron chi connectivity index (χ3n) is 3.88. The van der Waals surface area contributed by atoms with Crippen molar-refractivity contribution < 1.29 is 9.53 Å². The highest BCUT2D eigenvalue weighted by atomic mass is 16.5. The zero-order valence-electron chi connectivity index (χ0n) is 11.3. The summed E-state index contributed by atoms with van der Waals surface area (Å²) >= 11 is 0. The summed E-state index contributed by atoms with van der Waals surface area (Å²) in [7, 11) is 1.68. The first kappa shape index (κ1) is 12.3. The number of ether oxygens (including phenoxy) is 1. The largest absolute Gasteiger partial charge is 0.495 e. The number of benzene rings is 1. The smallest absolute Gasteiger partial charge is 0.241 e. The maximum Gasteiger partial charge on any atom is 0.241 e. The number of para-hydroxylation sites is 1. The maximum atomic E-state index is 12.2. The van der Waals surface area contributed by atoms with Crippen molar-refractivity contribution in [2.45, 2.75) is 13.0 Å². The van der Waals surface area contributed by atoms with Gasteiger partial charge in [-0.05, 0) is 19.1 Å². The molecule has 1 fully saturated rings. The zero-order valence-corrected chi connectivity index (χ0v) is 11.3. The molecule has 3 rings (SSSR count). The second kappa shape index (κ2) is 4.74. The van der Waals surface area contributed by atoms with Gasteiger partial charge in [0.05, 0.1) is 25.4 Å². The Hall–Kier alpha value is -1.75. The molecule has 5 heteroatoms. The number of piperazine rings is 1. The number of rotatable bonds is 2. The monoisotopic (exact) mass is 261 g/mol. The summed E-state index contributed by atoms with van der Waals surface area (Å²) in [6.45, 7) is 5.15. The number of nitrogens with zero attached hydrogens (tertiary/aromatic N) is 2. The van der Waals surface area contributed by atoms with E-state index in [1.54, 1.807) is 7.11 Å². The molecule has 1 amide bonds. The third kappa shape index (κ3) is 1.85. The molecular formula is C14H19N3O2. The van der Waals surface area contributed by atoms with Gasteiger partial charge < -0.3 is 19.9 Å². The first-order valence-corrected chi connectivity index (χ1v) is 6.71. The first-order valence-electron chi connectivity index (χ1n) is 6.71. The molecular weight excluding hydrogens is 242 g/mol. The van der Waals surface area contributed by atoms with Crippen LogP contribution in [0.2, 0.25) is 0 Å². The number of anilines is 2. The minimum absolute atomic E-state index is 0.140. The van der Waals surface area contributed by atoms with Gasteiger partial charge in [-0.3, -0.25) is 4.79 Å². The van der Waals surface area contributed by atoms with E-state index in [1.165, 1.54) is 0 Å². The van der Waals surface area contributed by atoms with Gasteiger partial charge in [-0.1, -0.05) is 6.07 Å². The van der Waals surface area contributed by atoms with E-state index >= 15 is 0 Å². The van der Waals surface area contributed by atoms with E-state index in [0.29, 0.717) is 6.54 Å². The van der Waals surface area contributed by atoms with Crippen LogP contribution in [0.4, 0.5) is 11.4 Å². The van der Waals surface area contributed by atoms with E-state index in [9.17, 15) is 4.79 Å². The number of likely N-dealkylation sites (N-methyl/N-ethyl adjacent to an activating group) is 1. The van der Waals surface area contributed by atoms with E-state index in [4.69, 9.17) is 4.74 Å². The van der Waals surface area contributed by atoms with Crippen LogP contribution in [-0.2, 0) is 4.79 Å². The second-order valence-corrected chi connectivity index (χ2v) is 4.92. The van der Waals surface area contributed by atoms with Crippen LogP contribution in [0.1, 0.15) is 6.92 Å². The molecule has 1 saturated heterocycles. The molecule has 1 N–H and O–H groups in total. The van der Waals surface area contributed by atoms with Gasteiger partial charge in [-0.2, -0.15) is 0 Å². The Morgan fingerprint density at radius 3 is 3.05 bits per heavy atom. The summed E-state index contributed by atoms with van der Waals surface area (Å²) in [5.41, 5.74) is 2.02. The Bertz CT molecular complexity index is 503. The van der Waals surface area contributed by atoms with Gasteiger partial charge in [-0.25, -0.2) is 0 Å². The number of nitrogens with one attached hydrogen (secondary N) is 1. The SMILES string of the molecule is CCN1CC2CNCC(=O)N2c2cccc(OC)c21. The minimum Gasteiger partial charge on any atom is -0.495 e. The van der Waals surface area contributed by atoms with Crippen molar-refractivity contribution in [2.24, 2.45) is 0 Å². The molecule has 0 aliphatic carbocycles. The Morgan fingerprint density at radius 1 is 1.47 bits per heavy atom. The molecule has 0 spiro atoms. The molecule has 0 saturated carbocycles. The Labute approximate surface area is 113 Å². The summed E-state index contributed by atoms with van der Waals surface area (Å²) < 4.78 is 5.46. The standard InChI is InChI=1S/C14H19N3O2/c1-3-16-9-10-7-15-8-13(18)17(10)11-5-4-6-12(19-2)14(11)16/h4-6,10,15H,3,7-9H2,1-2H3. The van der Waals surface area contributed by atoms with E-state index in [2.05, 4.69) is 17.1 Å². The molecule has 5 nitrogen and oxygen atoms in total. The number of amides is 1. The fourth-order valence-corrected chi connectivity index (χ4v) is 3.02. The predicted octanol–water partition coefficient (Wildman–Crippen LogP) is 0.840. The van der Waals surface area contributed by atoms with Gasteiger partial charge >= 0.3 is 0 Å². The number of hydrogen-bond acceptors (Lipinski definition) is 4. The van der Waals surface area contributed by atoms with Gasteiger partial charge in [0, 0.05) is 19.6 Å². The van der Waals surface area contributed by atoms with Gasteiger partial charge in [0.15, 0.2) is 0 Å². The summed E-state index contributed by atoms with van der Waals surface area (Å²) in [6.07, 6.45) is 0. The van der Waals surface area contributed by atoms with Crippen molar-refractivity contribution in [3.63, 3.8) is 0 Å². The first-order chi connectivity index (χ1) is 9.26. The van der Waals surface area contributed by atoms with Crippen LogP contribution in [0.5, 0.6) is 5.75 Å². The topological polar surface area (TPSA) is 44.8 Å². The fourth-order valence-electron chi connectivity index (χ4n) is 3.02. The second-order valence-electron chi connectivity index (χ2n) is 4.92. The molecule has 1 aromatic rings. The van der Waals surface area contributed by atoms with Crippen LogP contribution in [-0.4, -0.2) is 45.2 Å². The molecule has 2 aliphatic heterocycles. The predicted molar refractivity (Wildman–Crippen MR) is 75.0 cm³/mol. The summed E-state index contributed by atoms with van der Waals surface area (Å²) in [6, 6.07) is 6.12. The molecule has 1 aromatic carbocycles. The van der Waals surface area contributed by atoms with Gasteiger partial charge in [0.25, 0.3) is 0 Å². The van der Waals surface area contributed by atoms with Crippen LogP contribution in [0, 0.1) is 0 Å². The van der Waals surface area contributed by atoms with Crippen molar-refractivity contribution in [2.75, 3.05) is 43.1 Å². The lowest BCUT2D eigenvalue weighted by Crippen LogP contribution is -2.61. The van der Waals surface area contributed by atoms with Gasteiger partial charge in [0.1, 0.15) is 11.4 Å². The van der Waals surface area contributed by atoms with E-state index in [1.807, 2.05) is 23.1 Å². The van der Waals surface area contributed by atoms with Crippen molar-refractivity contribution in [1.29, 1.82) is 0 Å². The van der Waals surface area contributed by atoms with Crippen molar-refractivity contribution in [1.82, 2.24) is 5.32 Å². The molecule has 2 aliphatic rings. The number of fused-ring (bicyclic) bond motifs is 3. The molecule has 19 heavy (non-hydrogen) atoms. The van der Waals surface area contributed by atoms with E-state index in [-0.39, 0.29) is 11.9 Å². The lowest BCUT2D eigenvalue weighted by atomic mass is 10.0. The van der Waals surface area contributed by atoms with Crippen LogP contribution in [0.3, 0.4) is 0 Å². The number of methoxy groups -OCH3 is 1.